The topological polar surface area (TPSA) is 18.5 Å². The van der Waals surface area contributed by atoms with Gasteiger partial charge in [-0.25, -0.2) is 0 Å². The summed E-state index contributed by atoms with van der Waals surface area (Å²) >= 11 is 0. The normalized spacial score (nSPS) is 14.8. The van der Waals surface area contributed by atoms with Crippen LogP contribution in [-0.4, -0.2) is 6.61 Å². The number of rotatable bonds is 0. The summed E-state index contributed by atoms with van der Waals surface area (Å²) in [5, 5.41) is 0. The summed E-state index contributed by atoms with van der Waals surface area (Å²) < 4.78 is 9.29. The largest absolute Gasteiger partial charge is 2.00 e. The molecule has 1 heterocycles. The maximum Gasteiger partial charge on any atom is 2.00 e. The Balaban J connectivity index is 0. The Morgan fingerprint density at radius 3 is 2.38 bits per heavy atom. The molecule has 1 rings (SSSR count). The first-order valence-corrected chi connectivity index (χ1v) is 1.69. The summed E-state index contributed by atoms with van der Waals surface area (Å²) in [6.07, 6.45) is 0. The van der Waals surface area contributed by atoms with E-state index in [2.05, 4.69) is 16.1 Å². The first-order chi connectivity index (χ1) is 2.89. The third-order valence-electron chi connectivity index (χ3n) is 0.527. The molecule has 0 bridgehead atoms. The maximum atomic E-state index is 4.68. The van der Waals surface area contributed by atoms with Crippen molar-refractivity contribution in [3.63, 3.8) is 0 Å². The van der Waals surface area contributed by atoms with Crippen LogP contribution in [0.2, 0.25) is 0 Å². The first-order valence-electron chi connectivity index (χ1n) is 1.69. The summed E-state index contributed by atoms with van der Waals surface area (Å²) in [7, 11) is 0. The van der Waals surface area contributed by atoms with Gasteiger partial charge in [0.15, 0.2) is 0 Å². The molecule has 0 spiro atoms. The molecule has 49 valence electrons. The van der Waals surface area contributed by atoms with Crippen LogP contribution >= 0.6 is 0 Å². The molecule has 8 heavy (non-hydrogen) atoms. The zero-order valence-electron chi connectivity index (χ0n) is 4.64. The molecule has 0 unspecified atom stereocenters. The molecule has 0 aliphatic carbocycles. The van der Waals surface area contributed by atoms with E-state index in [0.29, 0.717) is 12.6 Å². The standard InChI is InChI=1S/C4H5O2.CH3.Co/c1-4-5-2-3-6-4;;/h2H,1,3H2;1H3;/q2*-1;+2. The fourth-order valence-electron chi connectivity index (χ4n) is 0.288. The van der Waals surface area contributed by atoms with Crippen molar-refractivity contribution in [2.75, 3.05) is 6.61 Å². The van der Waals surface area contributed by atoms with Crippen molar-refractivity contribution in [3.8, 4) is 0 Å². The molecule has 0 atom stereocenters. The molecule has 0 amide bonds. The molecular formula is C5H8CoO2. The van der Waals surface area contributed by atoms with Gasteiger partial charge >= 0.3 is 16.8 Å². The van der Waals surface area contributed by atoms with Gasteiger partial charge in [-0.2, -0.15) is 0 Å². The van der Waals surface area contributed by atoms with Gasteiger partial charge in [0.2, 0.25) is 5.95 Å². The van der Waals surface area contributed by atoms with Gasteiger partial charge in [0.1, 0.15) is 0 Å². The van der Waals surface area contributed by atoms with Crippen molar-refractivity contribution in [2.45, 2.75) is 0 Å². The van der Waals surface area contributed by atoms with Gasteiger partial charge < -0.3 is 16.9 Å². The van der Waals surface area contributed by atoms with Crippen LogP contribution in [-0.2, 0) is 26.3 Å². The van der Waals surface area contributed by atoms with Gasteiger partial charge in [-0.15, -0.1) is 6.61 Å². The minimum absolute atomic E-state index is 0. The maximum absolute atomic E-state index is 4.68. The van der Waals surface area contributed by atoms with Crippen molar-refractivity contribution in [2.24, 2.45) is 0 Å². The molecule has 0 aromatic heterocycles. The Morgan fingerprint density at radius 2 is 2.25 bits per heavy atom. The molecule has 3 heteroatoms. The minimum Gasteiger partial charge on any atom is -0.634 e. The van der Waals surface area contributed by atoms with E-state index in [4.69, 9.17) is 0 Å². The van der Waals surface area contributed by atoms with Crippen LogP contribution in [0, 0.1) is 14.0 Å². The molecule has 1 fully saturated rings. The van der Waals surface area contributed by atoms with E-state index in [1.54, 1.807) is 6.61 Å². The van der Waals surface area contributed by atoms with Crippen LogP contribution in [0.3, 0.4) is 0 Å². The summed E-state index contributed by atoms with van der Waals surface area (Å²) in [6, 6.07) is 0. The summed E-state index contributed by atoms with van der Waals surface area (Å²) in [5.74, 6) is 0.398. The van der Waals surface area contributed by atoms with Crippen LogP contribution in [0.4, 0.5) is 0 Å². The molecule has 1 aliphatic heterocycles. The van der Waals surface area contributed by atoms with Crippen molar-refractivity contribution in [1.29, 1.82) is 0 Å². The second-order valence-corrected chi connectivity index (χ2v) is 0.968. The predicted octanol–water partition coefficient (Wildman–Crippen LogP) is 1.11. The molecule has 1 radical (unpaired) electrons. The Labute approximate surface area is 60.1 Å². The molecule has 0 aromatic carbocycles. The Kier molecular flexibility index (Phi) is 6.72. The fourth-order valence-corrected chi connectivity index (χ4v) is 0.288. The van der Waals surface area contributed by atoms with E-state index < -0.39 is 0 Å². The van der Waals surface area contributed by atoms with Crippen molar-refractivity contribution in [1.82, 2.24) is 0 Å². The van der Waals surface area contributed by atoms with E-state index in [1.165, 1.54) is 0 Å². The van der Waals surface area contributed by atoms with Crippen LogP contribution in [0.5, 0.6) is 0 Å². The monoisotopic (exact) mass is 159 g/mol. The van der Waals surface area contributed by atoms with E-state index in [1.807, 2.05) is 0 Å². The van der Waals surface area contributed by atoms with Crippen molar-refractivity contribution < 1.29 is 26.3 Å². The van der Waals surface area contributed by atoms with Crippen LogP contribution < -0.4 is 0 Å². The van der Waals surface area contributed by atoms with Gasteiger partial charge in [-0.3, -0.25) is 0 Å². The van der Waals surface area contributed by atoms with Crippen molar-refractivity contribution >= 4 is 0 Å². The number of hydrogen-bond acceptors (Lipinski definition) is 2. The molecule has 0 saturated carbocycles. The first kappa shape index (κ1) is 10.8. The van der Waals surface area contributed by atoms with Gasteiger partial charge in [0.05, 0.1) is 0 Å². The second kappa shape index (κ2) is 4.99. The summed E-state index contributed by atoms with van der Waals surface area (Å²) in [5.41, 5.74) is 0. The predicted molar refractivity (Wildman–Crippen MR) is 26.9 cm³/mol. The zero-order valence-corrected chi connectivity index (χ0v) is 5.68. The number of ether oxygens (including phenoxy) is 2. The SMILES string of the molecule is C=C1O[CH-]CO1.[CH3-].[Co+2]. The van der Waals surface area contributed by atoms with Gasteiger partial charge in [0.25, 0.3) is 0 Å². The molecule has 1 aliphatic rings. The summed E-state index contributed by atoms with van der Waals surface area (Å²) in [6.45, 7) is 5.48. The molecule has 0 aromatic rings. The fraction of sp³-hybridized carbons (Fsp3) is 0.200. The van der Waals surface area contributed by atoms with E-state index in [0.717, 1.165) is 0 Å². The Hall–Kier alpha value is -0.154. The van der Waals surface area contributed by atoms with E-state index in [-0.39, 0.29) is 24.2 Å². The third-order valence-corrected chi connectivity index (χ3v) is 0.527. The quantitative estimate of drug-likeness (QED) is 0.493. The van der Waals surface area contributed by atoms with Crippen molar-refractivity contribution in [3.05, 3.63) is 26.6 Å². The average molecular weight is 159 g/mol. The molecule has 1 saturated heterocycles. The van der Waals surface area contributed by atoms with Gasteiger partial charge in [-0.05, 0) is 6.58 Å². The average Bonchev–Trinajstić information content (AvgIpc) is 1.86. The zero-order chi connectivity index (χ0) is 4.41. The van der Waals surface area contributed by atoms with E-state index >= 15 is 0 Å². The smallest absolute Gasteiger partial charge is 0.634 e. The van der Waals surface area contributed by atoms with Crippen LogP contribution in [0.15, 0.2) is 12.5 Å². The van der Waals surface area contributed by atoms with Gasteiger partial charge in [-0.1, -0.05) is 0 Å². The van der Waals surface area contributed by atoms with E-state index in [9.17, 15) is 0 Å². The molecule has 2 nitrogen and oxygen atoms in total. The van der Waals surface area contributed by atoms with Crippen LogP contribution in [0.25, 0.3) is 0 Å². The Morgan fingerprint density at radius 1 is 1.62 bits per heavy atom. The van der Waals surface area contributed by atoms with Crippen LogP contribution in [0.1, 0.15) is 0 Å². The second-order valence-electron chi connectivity index (χ2n) is 0.968. The third kappa shape index (κ3) is 2.93. The number of hydrogen-bond donors (Lipinski definition) is 0. The molecule has 0 N–H and O–H groups in total. The summed E-state index contributed by atoms with van der Waals surface area (Å²) in [4.78, 5) is 0. The minimum atomic E-state index is 0. The molecular weight excluding hydrogens is 151 g/mol. The Bertz CT molecular complexity index is 64.8. The van der Waals surface area contributed by atoms with Gasteiger partial charge in [0, 0.05) is 6.61 Å².